The van der Waals surface area contributed by atoms with Gasteiger partial charge in [0.15, 0.2) is 18.4 Å². The van der Waals surface area contributed by atoms with E-state index in [0.717, 1.165) is 5.57 Å². The van der Waals surface area contributed by atoms with Crippen molar-refractivity contribution in [3.05, 3.63) is 46.6 Å². The minimum absolute atomic E-state index is 0.0113. The van der Waals surface area contributed by atoms with Gasteiger partial charge in [0.1, 0.15) is 42.0 Å². The van der Waals surface area contributed by atoms with E-state index in [0.29, 0.717) is 42.4 Å². The molecule has 1 spiro atoms. The topological polar surface area (TPSA) is 190 Å². The van der Waals surface area contributed by atoms with E-state index in [1.165, 1.54) is 0 Å². The summed E-state index contributed by atoms with van der Waals surface area (Å²) in [6.07, 6.45) is 0.532. The lowest BCUT2D eigenvalue weighted by Crippen LogP contribution is -2.60. The van der Waals surface area contributed by atoms with Crippen molar-refractivity contribution in [2.75, 3.05) is 20.8 Å². The van der Waals surface area contributed by atoms with Crippen molar-refractivity contribution < 1.29 is 72.6 Å². The van der Waals surface area contributed by atoms with Crippen molar-refractivity contribution in [2.24, 2.45) is 17.8 Å². The van der Waals surface area contributed by atoms with Crippen molar-refractivity contribution in [1.29, 1.82) is 0 Å². The number of allylic oxidation sites excluding steroid dienone is 2. The van der Waals surface area contributed by atoms with Crippen molar-refractivity contribution in [3.63, 3.8) is 0 Å². The molecule has 1 aliphatic carbocycles. The second-order valence-electron chi connectivity index (χ2n) is 18.7. The monoisotopic (exact) mass is 862 g/mol. The van der Waals surface area contributed by atoms with Gasteiger partial charge in [0.2, 0.25) is 0 Å². The van der Waals surface area contributed by atoms with Gasteiger partial charge < -0.3 is 67.8 Å². The van der Waals surface area contributed by atoms with Gasteiger partial charge in [-0.1, -0.05) is 43.7 Å². The van der Waals surface area contributed by atoms with Crippen LogP contribution in [0.2, 0.25) is 0 Å². The number of esters is 1. The van der Waals surface area contributed by atoms with E-state index >= 15 is 0 Å². The third kappa shape index (κ3) is 9.25. The number of ether oxygens (including phenoxy) is 10. The summed E-state index contributed by atoms with van der Waals surface area (Å²) in [5, 5.41) is 45.6. The molecule has 0 saturated carbocycles. The first-order valence-electron chi connectivity index (χ1n) is 22.2. The molecular formula is C46H70O15. The molecule has 5 fully saturated rings. The van der Waals surface area contributed by atoms with Crippen LogP contribution in [0, 0.1) is 17.8 Å². The standard InChI is InChI=1S/C46H70O15/c1-22-12-11-13-30-21-54-43-39(48)25(4)24(3)38(46(30,43)51)44(50)57-32-16-31(61-45(19-32)20-33(47)26(5)27(6)60-45)15-14-23(2)41(22)58-37-18-35(53-10)42(29(8)56-37)59-36-17-34(52-9)40(49)28(7)55-36/h11-14,22,26-29,31-43,47-49,51H,15-21H2,1-10H3/b12-11+,23-14+,30-13+. The van der Waals surface area contributed by atoms with Crippen LogP contribution in [0.1, 0.15) is 93.9 Å². The predicted octanol–water partition coefficient (Wildman–Crippen LogP) is 3.94. The summed E-state index contributed by atoms with van der Waals surface area (Å²) in [6.45, 7) is 15.1. The van der Waals surface area contributed by atoms with Crippen LogP contribution in [0.15, 0.2) is 46.6 Å². The quantitative estimate of drug-likeness (QED) is 0.222. The van der Waals surface area contributed by atoms with Gasteiger partial charge in [-0.3, -0.25) is 4.79 Å². The summed E-state index contributed by atoms with van der Waals surface area (Å²) in [6, 6.07) is 0. The zero-order valence-corrected chi connectivity index (χ0v) is 37.4. The maximum Gasteiger partial charge on any atom is 0.316 e. The molecule has 4 N–H and O–H groups in total. The first kappa shape index (κ1) is 46.9. The lowest BCUT2D eigenvalue weighted by Gasteiger charge is -2.50. The summed E-state index contributed by atoms with van der Waals surface area (Å²) < 4.78 is 63.1. The van der Waals surface area contributed by atoms with E-state index in [9.17, 15) is 25.2 Å². The van der Waals surface area contributed by atoms with Crippen molar-refractivity contribution in [3.8, 4) is 0 Å². The molecule has 0 amide bonds. The summed E-state index contributed by atoms with van der Waals surface area (Å²) in [5.74, 6) is -3.28. The highest BCUT2D eigenvalue weighted by molar-refractivity contribution is 5.80. The Labute approximate surface area is 360 Å². The highest BCUT2D eigenvalue weighted by atomic mass is 16.7. The van der Waals surface area contributed by atoms with Crippen LogP contribution in [0.4, 0.5) is 0 Å². The Bertz CT molecular complexity index is 1680. The molecule has 0 radical (unpaired) electrons. The van der Waals surface area contributed by atoms with Crippen LogP contribution in [0.3, 0.4) is 0 Å². The minimum Gasteiger partial charge on any atom is -0.462 e. The van der Waals surface area contributed by atoms with Gasteiger partial charge in [0.05, 0.1) is 55.4 Å². The van der Waals surface area contributed by atoms with Crippen LogP contribution < -0.4 is 0 Å². The Morgan fingerprint density at radius 3 is 2.20 bits per heavy atom. The van der Waals surface area contributed by atoms with Crippen LogP contribution in [-0.4, -0.2) is 151 Å². The second-order valence-corrected chi connectivity index (χ2v) is 18.7. The minimum atomic E-state index is -1.87. The molecule has 20 atom stereocenters. The molecule has 7 rings (SSSR count). The molecule has 7 aliphatic rings. The molecule has 20 unspecified atom stereocenters. The Kier molecular flexibility index (Phi) is 14.4. The van der Waals surface area contributed by atoms with Crippen LogP contribution in [-0.2, 0) is 52.2 Å². The summed E-state index contributed by atoms with van der Waals surface area (Å²) in [7, 11) is 3.20. The SMILES string of the molecule is COC1CC(OC2C(C)OC(OC3/C(C)=C/CC4CC(CC5(CC(O)C(C)C(C)O5)O4)OC(=O)C4C(C)=C(C)C(O)C5OC/C(=C\C=C\C3C)C45O)CC2OC)OC(C)C1O. The van der Waals surface area contributed by atoms with Gasteiger partial charge in [-0.25, -0.2) is 0 Å². The lowest BCUT2D eigenvalue weighted by molar-refractivity contribution is -0.345. The zero-order chi connectivity index (χ0) is 44.1. The largest absolute Gasteiger partial charge is 0.462 e. The lowest BCUT2D eigenvalue weighted by atomic mass is 9.67. The average molecular weight is 863 g/mol. The van der Waals surface area contributed by atoms with E-state index in [2.05, 4.69) is 6.08 Å². The number of hydrogen-bond donors (Lipinski definition) is 4. The van der Waals surface area contributed by atoms with Crippen LogP contribution in [0.25, 0.3) is 0 Å². The average Bonchev–Trinajstić information content (AvgIpc) is 3.54. The van der Waals surface area contributed by atoms with Gasteiger partial charge in [-0.05, 0) is 64.7 Å². The molecule has 0 aromatic carbocycles. The molecule has 6 aliphatic heterocycles. The molecule has 5 saturated heterocycles. The molecule has 2 bridgehead atoms. The highest BCUT2D eigenvalue weighted by Crippen LogP contribution is 2.50. The Balaban J connectivity index is 1.19. The van der Waals surface area contributed by atoms with Gasteiger partial charge in [-0.2, -0.15) is 0 Å². The van der Waals surface area contributed by atoms with E-state index in [1.807, 2.05) is 46.8 Å². The number of hydrogen-bond acceptors (Lipinski definition) is 15. The number of aliphatic hydroxyl groups is 4. The maximum absolute atomic E-state index is 14.4. The summed E-state index contributed by atoms with van der Waals surface area (Å²) in [4.78, 5) is 14.4. The molecule has 0 aromatic heterocycles. The van der Waals surface area contributed by atoms with E-state index in [1.54, 1.807) is 41.1 Å². The van der Waals surface area contributed by atoms with Gasteiger partial charge >= 0.3 is 5.97 Å². The fourth-order valence-corrected chi connectivity index (χ4v) is 10.7. The van der Waals surface area contributed by atoms with Gasteiger partial charge in [-0.15, -0.1) is 0 Å². The summed E-state index contributed by atoms with van der Waals surface area (Å²) >= 11 is 0. The number of methoxy groups -OCH3 is 2. The first-order valence-corrected chi connectivity index (χ1v) is 22.2. The fourth-order valence-electron chi connectivity index (χ4n) is 10.7. The Morgan fingerprint density at radius 1 is 0.803 bits per heavy atom. The molecule has 6 heterocycles. The van der Waals surface area contributed by atoms with Crippen molar-refractivity contribution >= 4 is 5.97 Å². The van der Waals surface area contributed by atoms with Gasteiger partial charge in [0.25, 0.3) is 0 Å². The number of carbonyl (C=O) groups excluding carboxylic acids is 1. The smallest absolute Gasteiger partial charge is 0.316 e. The van der Waals surface area contributed by atoms with Gasteiger partial charge in [0, 0.05) is 58.2 Å². The summed E-state index contributed by atoms with van der Waals surface area (Å²) in [5.41, 5.74) is 0.599. The second kappa shape index (κ2) is 18.8. The molecule has 0 aromatic rings. The van der Waals surface area contributed by atoms with Crippen LogP contribution in [0.5, 0.6) is 0 Å². The third-order valence-electron chi connectivity index (χ3n) is 14.7. The van der Waals surface area contributed by atoms with E-state index in [4.69, 9.17) is 47.4 Å². The number of aliphatic hydroxyl groups excluding tert-OH is 3. The third-order valence-corrected chi connectivity index (χ3v) is 14.7. The number of fused-ring (bicyclic) bond motifs is 2. The number of carbonyl (C=O) groups is 1. The van der Waals surface area contributed by atoms with E-state index < -0.39 is 109 Å². The fraction of sp³-hybridized carbons (Fsp3) is 0.804. The molecular weight excluding hydrogens is 792 g/mol. The Hall–Kier alpha value is -2.09. The normalized spacial score (nSPS) is 50.9. The first-order chi connectivity index (χ1) is 28.9. The molecule has 15 heteroatoms. The molecule has 61 heavy (non-hydrogen) atoms. The molecule has 15 nitrogen and oxygen atoms in total. The van der Waals surface area contributed by atoms with E-state index in [-0.39, 0.29) is 37.4 Å². The predicted molar refractivity (Wildman–Crippen MR) is 220 cm³/mol. The highest BCUT2D eigenvalue weighted by Gasteiger charge is 2.62. The Morgan fingerprint density at radius 2 is 1.49 bits per heavy atom. The zero-order valence-electron chi connectivity index (χ0n) is 37.4. The maximum atomic E-state index is 14.4. The van der Waals surface area contributed by atoms with Crippen molar-refractivity contribution in [1.82, 2.24) is 0 Å². The molecule has 344 valence electrons. The number of rotatable bonds is 6. The van der Waals surface area contributed by atoms with Crippen molar-refractivity contribution in [2.45, 2.75) is 197 Å². The van der Waals surface area contributed by atoms with Crippen LogP contribution >= 0.6 is 0 Å².